The van der Waals surface area contributed by atoms with Crippen molar-refractivity contribution in [2.75, 3.05) is 6.54 Å². The van der Waals surface area contributed by atoms with E-state index in [9.17, 15) is 14.7 Å². The van der Waals surface area contributed by atoms with Gasteiger partial charge in [0.05, 0.1) is 12.6 Å². The Labute approximate surface area is 153 Å². The molecule has 2 unspecified atom stereocenters. The highest BCUT2D eigenvalue weighted by atomic mass is 79.9. The van der Waals surface area contributed by atoms with Crippen LogP contribution in [-0.2, 0) is 13.7 Å². The summed E-state index contributed by atoms with van der Waals surface area (Å²) in [5.74, 6) is -1.05. The number of rotatable bonds is 4. The van der Waals surface area contributed by atoms with Crippen molar-refractivity contribution in [3.8, 4) is 0 Å². The van der Waals surface area contributed by atoms with Crippen molar-refractivity contribution < 1.29 is 23.6 Å². The molecule has 0 radical (unpaired) electrons. The molecule has 0 aliphatic carbocycles. The first-order valence-corrected chi connectivity index (χ1v) is 9.00. The lowest BCUT2D eigenvalue weighted by Gasteiger charge is -2.26. The number of nitrogens with zero attached hydrogens (tertiary/aromatic N) is 1. The number of ether oxygens (including phenoxy) is 1. The first-order valence-electron chi connectivity index (χ1n) is 7.47. The molecule has 1 N–H and O–H groups in total. The predicted octanol–water partition coefficient (Wildman–Crippen LogP) is 3.94. The van der Waals surface area contributed by atoms with E-state index in [4.69, 9.17) is 8.92 Å². The molecular formula is C16H20BrNO5S. The highest BCUT2D eigenvalue weighted by Crippen LogP contribution is 2.29. The van der Waals surface area contributed by atoms with Gasteiger partial charge in [-0.2, -0.15) is 0 Å². The summed E-state index contributed by atoms with van der Waals surface area (Å²) in [5.41, 5.74) is -0.675. The SMILES string of the molecule is CC(C)(C)OC(=O)N1CC(OSc2ccc(Br)cc2)CC1C(=O)O. The summed E-state index contributed by atoms with van der Waals surface area (Å²) in [4.78, 5) is 25.8. The van der Waals surface area contributed by atoms with Gasteiger partial charge in [0.15, 0.2) is 0 Å². The van der Waals surface area contributed by atoms with E-state index >= 15 is 0 Å². The monoisotopic (exact) mass is 417 g/mol. The van der Waals surface area contributed by atoms with Crippen LogP contribution in [0.4, 0.5) is 4.79 Å². The largest absolute Gasteiger partial charge is 0.480 e. The van der Waals surface area contributed by atoms with E-state index in [-0.39, 0.29) is 19.1 Å². The van der Waals surface area contributed by atoms with Gasteiger partial charge in [0.25, 0.3) is 0 Å². The molecule has 1 saturated heterocycles. The smallest absolute Gasteiger partial charge is 0.411 e. The fourth-order valence-electron chi connectivity index (χ4n) is 2.24. The molecule has 0 bridgehead atoms. The highest BCUT2D eigenvalue weighted by molar-refractivity contribution is 9.10. The number of aliphatic carboxylic acids is 1. The van der Waals surface area contributed by atoms with Gasteiger partial charge in [-0.15, -0.1) is 0 Å². The molecule has 0 saturated carbocycles. The molecular weight excluding hydrogens is 398 g/mol. The minimum Gasteiger partial charge on any atom is -0.480 e. The summed E-state index contributed by atoms with van der Waals surface area (Å²) < 4.78 is 12.0. The number of halogens is 1. The molecule has 1 aromatic rings. The molecule has 6 nitrogen and oxygen atoms in total. The maximum atomic E-state index is 12.2. The molecule has 1 aliphatic heterocycles. The summed E-state index contributed by atoms with van der Waals surface area (Å²) in [6.07, 6.45) is -0.764. The lowest BCUT2D eigenvalue weighted by atomic mass is 10.2. The maximum Gasteiger partial charge on any atom is 0.411 e. The van der Waals surface area contributed by atoms with Gasteiger partial charge >= 0.3 is 12.1 Å². The molecule has 132 valence electrons. The Morgan fingerprint density at radius 3 is 2.46 bits per heavy atom. The second-order valence-electron chi connectivity index (χ2n) is 6.48. The Balaban J connectivity index is 1.97. The molecule has 0 spiro atoms. The predicted molar refractivity (Wildman–Crippen MR) is 93.9 cm³/mol. The van der Waals surface area contributed by atoms with E-state index in [1.807, 2.05) is 24.3 Å². The molecule has 1 amide bonds. The van der Waals surface area contributed by atoms with Gasteiger partial charge < -0.3 is 14.0 Å². The third-order valence-electron chi connectivity index (χ3n) is 3.27. The Morgan fingerprint density at radius 2 is 1.92 bits per heavy atom. The van der Waals surface area contributed by atoms with Crippen molar-refractivity contribution in [2.24, 2.45) is 0 Å². The lowest BCUT2D eigenvalue weighted by Crippen LogP contribution is -2.43. The minimum atomic E-state index is -1.05. The molecule has 8 heteroatoms. The topological polar surface area (TPSA) is 76.1 Å². The van der Waals surface area contributed by atoms with E-state index in [1.54, 1.807) is 20.8 Å². The fraction of sp³-hybridized carbons (Fsp3) is 0.500. The van der Waals surface area contributed by atoms with Crippen LogP contribution in [-0.4, -0.2) is 46.4 Å². The number of hydrogen-bond acceptors (Lipinski definition) is 5. The van der Waals surface area contributed by atoms with Crippen LogP contribution < -0.4 is 0 Å². The van der Waals surface area contributed by atoms with Crippen LogP contribution in [0.2, 0.25) is 0 Å². The third kappa shape index (κ3) is 5.39. The Morgan fingerprint density at radius 1 is 1.29 bits per heavy atom. The molecule has 0 aromatic heterocycles. The molecule has 1 fully saturated rings. The van der Waals surface area contributed by atoms with E-state index in [0.29, 0.717) is 0 Å². The second-order valence-corrected chi connectivity index (χ2v) is 8.22. The van der Waals surface area contributed by atoms with Crippen LogP contribution in [0.5, 0.6) is 0 Å². The average molecular weight is 418 g/mol. The first kappa shape index (κ1) is 19.1. The molecule has 1 aromatic carbocycles. The van der Waals surface area contributed by atoms with Gasteiger partial charge in [0.2, 0.25) is 0 Å². The van der Waals surface area contributed by atoms with E-state index < -0.39 is 23.7 Å². The standard InChI is InChI=1S/C16H20BrNO5S/c1-16(2,3)22-15(21)18-9-11(8-13(18)14(19)20)23-24-12-6-4-10(17)5-7-12/h4-7,11,13H,8-9H2,1-3H3,(H,19,20). The summed E-state index contributed by atoms with van der Waals surface area (Å²) in [7, 11) is 0. The first-order chi connectivity index (χ1) is 11.2. The van der Waals surface area contributed by atoms with Crippen LogP contribution in [0, 0.1) is 0 Å². The number of likely N-dealkylation sites (tertiary alicyclic amines) is 1. The number of carbonyl (C=O) groups excluding carboxylic acids is 1. The van der Waals surface area contributed by atoms with Crippen LogP contribution in [0.15, 0.2) is 33.6 Å². The third-order valence-corrected chi connectivity index (χ3v) is 4.63. The van der Waals surface area contributed by atoms with Crippen molar-refractivity contribution in [3.63, 3.8) is 0 Å². The van der Waals surface area contributed by atoms with Gasteiger partial charge in [-0.25, -0.2) is 9.59 Å². The van der Waals surface area contributed by atoms with Gasteiger partial charge in [0, 0.05) is 27.8 Å². The number of benzene rings is 1. The zero-order valence-electron chi connectivity index (χ0n) is 13.7. The lowest BCUT2D eigenvalue weighted by molar-refractivity contribution is -0.142. The fourth-order valence-corrected chi connectivity index (χ4v) is 3.14. The molecule has 1 aliphatic rings. The van der Waals surface area contributed by atoms with Crippen molar-refractivity contribution >= 4 is 40.0 Å². The molecule has 2 atom stereocenters. The summed E-state index contributed by atoms with van der Waals surface area (Å²) in [6.45, 7) is 5.42. The zero-order valence-corrected chi connectivity index (χ0v) is 16.1. The van der Waals surface area contributed by atoms with Crippen molar-refractivity contribution in [2.45, 2.75) is 49.8 Å². The van der Waals surface area contributed by atoms with Gasteiger partial charge in [-0.3, -0.25) is 4.90 Å². The van der Waals surface area contributed by atoms with Crippen LogP contribution in [0.3, 0.4) is 0 Å². The summed E-state index contributed by atoms with van der Waals surface area (Å²) in [5, 5.41) is 9.35. The Hall–Kier alpha value is -1.25. The van der Waals surface area contributed by atoms with E-state index in [2.05, 4.69) is 15.9 Å². The van der Waals surface area contributed by atoms with Gasteiger partial charge in [0.1, 0.15) is 11.6 Å². The number of carboxylic acid groups (broad SMARTS) is 1. The van der Waals surface area contributed by atoms with Crippen molar-refractivity contribution in [3.05, 3.63) is 28.7 Å². The summed E-state index contributed by atoms with van der Waals surface area (Å²) in [6, 6.07) is 6.64. The number of amides is 1. The van der Waals surface area contributed by atoms with E-state index in [1.165, 1.54) is 16.9 Å². The van der Waals surface area contributed by atoms with Crippen LogP contribution in [0.25, 0.3) is 0 Å². The second kappa shape index (κ2) is 7.76. The minimum absolute atomic E-state index is 0.190. The number of hydrogen-bond donors (Lipinski definition) is 1. The van der Waals surface area contributed by atoms with Crippen molar-refractivity contribution in [1.82, 2.24) is 4.90 Å². The Kier molecular flexibility index (Phi) is 6.17. The Bertz CT molecular complexity index is 601. The van der Waals surface area contributed by atoms with E-state index in [0.717, 1.165) is 9.37 Å². The normalized spacial score (nSPS) is 20.9. The quantitative estimate of drug-likeness (QED) is 0.747. The van der Waals surface area contributed by atoms with Crippen molar-refractivity contribution in [1.29, 1.82) is 0 Å². The molecule has 24 heavy (non-hydrogen) atoms. The zero-order chi connectivity index (χ0) is 17.9. The summed E-state index contributed by atoms with van der Waals surface area (Å²) >= 11 is 4.54. The molecule has 1 heterocycles. The van der Waals surface area contributed by atoms with Crippen LogP contribution >= 0.6 is 28.0 Å². The van der Waals surface area contributed by atoms with Crippen LogP contribution in [0.1, 0.15) is 27.2 Å². The maximum absolute atomic E-state index is 12.2. The highest BCUT2D eigenvalue weighted by Gasteiger charge is 2.42. The molecule has 2 rings (SSSR count). The number of carbonyl (C=O) groups is 2. The van der Waals surface area contributed by atoms with Gasteiger partial charge in [-0.05, 0) is 45.0 Å². The van der Waals surface area contributed by atoms with Gasteiger partial charge in [-0.1, -0.05) is 15.9 Å². The number of carboxylic acids is 1. The average Bonchev–Trinajstić information content (AvgIpc) is 2.89.